The van der Waals surface area contributed by atoms with E-state index >= 15 is 0 Å². The number of ketones is 1. The second kappa shape index (κ2) is 9.50. The molecule has 0 heterocycles. The maximum atomic E-state index is 13.9. The number of carbonyl (C=O) groups is 2. The predicted molar refractivity (Wildman–Crippen MR) is 142 cm³/mol. The molecule has 4 rings (SSSR count). The van der Waals surface area contributed by atoms with E-state index in [0.29, 0.717) is 18.8 Å². The number of hydrogen-bond acceptors (Lipinski definition) is 6. The SMILES string of the molecule is CC(C)C(=O)OC[C@@]1(C)C2CCC3C(CC2=CC[C@@H]1N)C(=O)C[C@]1(C)[C@@H]([C@H](C)N(C)C)[C@H](O)C[C@@]31C. The predicted octanol–water partition coefficient (Wildman–Crippen LogP) is 4.20. The van der Waals surface area contributed by atoms with Gasteiger partial charge >= 0.3 is 5.97 Å². The van der Waals surface area contributed by atoms with Crippen LogP contribution < -0.4 is 5.73 Å². The summed E-state index contributed by atoms with van der Waals surface area (Å²) in [7, 11) is 4.14. The minimum absolute atomic E-state index is 0.00303. The summed E-state index contributed by atoms with van der Waals surface area (Å²) in [6, 6.07) is 0.116. The average Bonchev–Trinajstić information content (AvgIpc) is 2.92. The molecule has 204 valence electrons. The van der Waals surface area contributed by atoms with Crippen molar-refractivity contribution in [1.82, 2.24) is 4.90 Å². The highest BCUT2D eigenvalue weighted by Gasteiger charge is 2.67. The second-order valence-corrected chi connectivity index (χ2v) is 13.9. The Morgan fingerprint density at radius 1 is 1.19 bits per heavy atom. The number of ether oxygens (including phenoxy) is 1. The van der Waals surface area contributed by atoms with Crippen LogP contribution in [0.3, 0.4) is 0 Å². The molecule has 0 amide bonds. The first kappa shape index (κ1) is 27.8. The molecular weight excluding hydrogens is 452 g/mol. The molecular formula is C30H50N2O4. The molecule has 4 aliphatic rings. The van der Waals surface area contributed by atoms with Gasteiger partial charge < -0.3 is 20.5 Å². The van der Waals surface area contributed by atoms with E-state index in [-0.39, 0.29) is 63.9 Å². The fraction of sp³-hybridized carbons (Fsp3) is 0.867. The van der Waals surface area contributed by atoms with Crippen molar-refractivity contribution >= 4 is 11.8 Å². The quantitative estimate of drug-likeness (QED) is 0.432. The van der Waals surface area contributed by atoms with Crippen LogP contribution in [0, 0.1) is 45.8 Å². The number of aliphatic hydroxyl groups excluding tert-OH is 1. The molecule has 3 N–H and O–H groups in total. The van der Waals surface area contributed by atoms with E-state index in [2.05, 4.69) is 52.8 Å². The Bertz CT molecular complexity index is 915. The number of aliphatic hydroxyl groups is 1. The monoisotopic (exact) mass is 502 g/mol. The summed E-state index contributed by atoms with van der Waals surface area (Å²) in [5.74, 6) is 0.538. The molecule has 6 heteroatoms. The zero-order chi connectivity index (χ0) is 26.8. The molecule has 0 radical (unpaired) electrons. The lowest BCUT2D eigenvalue weighted by Crippen LogP contribution is -2.55. The minimum atomic E-state index is -0.400. The second-order valence-electron chi connectivity index (χ2n) is 13.9. The number of carbonyl (C=O) groups excluding carboxylic acids is 2. The summed E-state index contributed by atoms with van der Waals surface area (Å²) in [5.41, 5.74) is 7.36. The molecule has 0 saturated heterocycles. The van der Waals surface area contributed by atoms with Gasteiger partial charge in [0.2, 0.25) is 0 Å². The van der Waals surface area contributed by atoms with Crippen LogP contribution in [0.4, 0.5) is 0 Å². The normalized spacial score (nSPS) is 45.4. The first-order chi connectivity index (χ1) is 16.7. The summed E-state index contributed by atoms with van der Waals surface area (Å²) in [5, 5.41) is 11.4. The van der Waals surface area contributed by atoms with Crippen LogP contribution in [-0.2, 0) is 14.3 Å². The third kappa shape index (κ3) is 4.10. The Morgan fingerprint density at radius 3 is 2.47 bits per heavy atom. The number of nitrogens with zero attached hydrogens (tertiary/aromatic N) is 1. The highest BCUT2D eigenvalue weighted by atomic mass is 16.5. The van der Waals surface area contributed by atoms with Crippen LogP contribution >= 0.6 is 0 Å². The zero-order valence-corrected chi connectivity index (χ0v) is 23.8. The largest absolute Gasteiger partial charge is 0.465 e. The molecule has 0 spiro atoms. The molecule has 36 heavy (non-hydrogen) atoms. The Balaban J connectivity index is 1.66. The van der Waals surface area contributed by atoms with Crippen LogP contribution in [0.5, 0.6) is 0 Å². The average molecular weight is 503 g/mol. The van der Waals surface area contributed by atoms with E-state index in [0.717, 1.165) is 32.1 Å². The van der Waals surface area contributed by atoms with Crippen LogP contribution in [-0.4, -0.2) is 60.6 Å². The Morgan fingerprint density at radius 2 is 1.86 bits per heavy atom. The van der Waals surface area contributed by atoms with Crippen molar-refractivity contribution < 1.29 is 19.4 Å². The van der Waals surface area contributed by atoms with Crippen LogP contribution in [0.15, 0.2) is 11.6 Å². The van der Waals surface area contributed by atoms with Gasteiger partial charge in [-0.1, -0.05) is 46.3 Å². The van der Waals surface area contributed by atoms with E-state index in [9.17, 15) is 14.7 Å². The van der Waals surface area contributed by atoms with Gasteiger partial charge in [0.25, 0.3) is 0 Å². The number of rotatable bonds is 5. The fourth-order valence-electron chi connectivity index (χ4n) is 8.92. The molecule has 3 saturated carbocycles. The lowest BCUT2D eigenvalue weighted by Gasteiger charge is -2.56. The molecule has 10 atom stereocenters. The van der Waals surface area contributed by atoms with Crippen molar-refractivity contribution in [2.45, 2.75) is 98.3 Å². The molecule has 4 aliphatic carbocycles. The van der Waals surface area contributed by atoms with Gasteiger partial charge in [0.15, 0.2) is 0 Å². The third-order valence-corrected chi connectivity index (χ3v) is 11.6. The number of Topliss-reactive ketones (excluding diaryl/α,β-unsaturated/α-hetero) is 1. The smallest absolute Gasteiger partial charge is 0.308 e. The van der Waals surface area contributed by atoms with Crippen molar-refractivity contribution in [2.75, 3.05) is 20.7 Å². The van der Waals surface area contributed by atoms with Gasteiger partial charge in [-0.05, 0) is 75.8 Å². The van der Waals surface area contributed by atoms with Gasteiger partial charge in [0.05, 0.1) is 18.6 Å². The topological polar surface area (TPSA) is 92.9 Å². The summed E-state index contributed by atoms with van der Waals surface area (Å²) < 4.78 is 5.78. The Labute approximate surface area is 218 Å². The van der Waals surface area contributed by atoms with E-state index in [1.807, 2.05) is 13.8 Å². The third-order valence-electron chi connectivity index (χ3n) is 11.6. The first-order valence-corrected chi connectivity index (χ1v) is 14.2. The van der Waals surface area contributed by atoms with Crippen molar-refractivity contribution in [2.24, 2.45) is 51.6 Å². The summed E-state index contributed by atoms with van der Waals surface area (Å²) in [4.78, 5) is 28.4. The minimum Gasteiger partial charge on any atom is -0.465 e. The van der Waals surface area contributed by atoms with Gasteiger partial charge in [-0.15, -0.1) is 0 Å². The van der Waals surface area contributed by atoms with Gasteiger partial charge in [-0.25, -0.2) is 0 Å². The molecule has 0 aliphatic heterocycles. The zero-order valence-electron chi connectivity index (χ0n) is 23.8. The van der Waals surface area contributed by atoms with Gasteiger partial charge in [-0.3, -0.25) is 9.59 Å². The number of hydrogen-bond donors (Lipinski definition) is 2. The lowest BCUT2D eigenvalue weighted by molar-refractivity contribution is -0.152. The Hall–Kier alpha value is -1.24. The molecule has 3 unspecified atom stereocenters. The lowest BCUT2D eigenvalue weighted by atomic mass is 9.48. The van der Waals surface area contributed by atoms with Crippen LogP contribution in [0.2, 0.25) is 0 Å². The van der Waals surface area contributed by atoms with Crippen LogP contribution in [0.1, 0.15) is 80.1 Å². The molecule has 3 fully saturated rings. The van der Waals surface area contributed by atoms with E-state index in [4.69, 9.17) is 10.5 Å². The van der Waals surface area contributed by atoms with Gasteiger partial charge in [0.1, 0.15) is 5.78 Å². The molecule has 6 nitrogen and oxygen atoms in total. The number of fused-ring (bicyclic) bond motifs is 4. The maximum Gasteiger partial charge on any atom is 0.308 e. The summed E-state index contributed by atoms with van der Waals surface area (Å²) in [6.45, 7) is 13.1. The maximum absolute atomic E-state index is 13.9. The van der Waals surface area contributed by atoms with E-state index < -0.39 is 6.10 Å². The van der Waals surface area contributed by atoms with E-state index in [1.165, 1.54) is 5.57 Å². The van der Waals surface area contributed by atoms with Gasteiger partial charge in [0, 0.05) is 35.8 Å². The van der Waals surface area contributed by atoms with Crippen molar-refractivity contribution in [1.29, 1.82) is 0 Å². The molecule has 0 bridgehead atoms. The fourth-order valence-corrected chi connectivity index (χ4v) is 8.92. The van der Waals surface area contributed by atoms with Crippen molar-refractivity contribution in [3.05, 3.63) is 11.6 Å². The van der Waals surface area contributed by atoms with Crippen molar-refractivity contribution in [3.63, 3.8) is 0 Å². The number of nitrogens with two attached hydrogens (primary N) is 1. The molecule has 0 aromatic rings. The molecule has 0 aromatic heterocycles. The van der Waals surface area contributed by atoms with Gasteiger partial charge in [-0.2, -0.15) is 0 Å². The summed E-state index contributed by atoms with van der Waals surface area (Å²) in [6.07, 6.45) is 6.61. The summed E-state index contributed by atoms with van der Waals surface area (Å²) >= 11 is 0. The first-order valence-electron chi connectivity index (χ1n) is 14.2. The molecule has 0 aromatic carbocycles. The number of esters is 1. The van der Waals surface area contributed by atoms with E-state index in [1.54, 1.807) is 0 Å². The van der Waals surface area contributed by atoms with Crippen molar-refractivity contribution in [3.8, 4) is 0 Å². The highest BCUT2D eigenvalue weighted by molar-refractivity contribution is 5.84. The number of allylic oxidation sites excluding steroid dienone is 1. The Kier molecular flexibility index (Phi) is 7.33. The standard InChI is InChI=1S/C30H50N2O4/c1-17(2)27(35)36-16-28(4)21-10-11-22-20(13-19(21)9-12-25(28)31)23(33)14-30(6)26(18(3)32(7)8)24(34)15-29(22,30)5/h9,17-18,20-22,24-26,34H,10-16,31H2,1-8H3/t18-,20?,21?,22?,24+,25-,26-,28-,29-,30+/m0/s1. The van der Waals surface area contributed by atoms with Crippen LogP contribution in [0.25, 0.3) is 0 Å². The highest BCUT2D eigenvalue weighted by Crippen LogP contribution is 2.69.